The lowest BCUT2D eigenvalue weighted by molar-refractivity contribution is -0.143. The Morgan fingerprint density at radius 1 is 0.700 bits per heavy atom. The van der Waals surface area contributed by atoms with Crippen LogP contribution >= 0.6 is 0 Å². The number of carbonyl (C=O) groups excluding carboxylic acids is 4. The topological polar surface area (TPSA) is 212 Å². The van der Waals surface area contributed by atoms with Crippen LogP contribution in [0.3, 0.4) is 0 Å². The van der Waals surface area contributed by atoms with Crippen molar-refractivity contribution in [2.45, 2.75) is 97.7 Å². The van der Waals surface area contributed by atoms with Gasteiger partial charge in [-0.15, -0.1) is 0 Å². The molecular formula is C36H51N5O9. The van der Waals surface area contributed by atoms with E-state index >= 15 is 0 Å². The largest absolute Gasteiger partial charge is 0.497 e. The zero-order valence-corrected chi connectivity index (χ0v) is 29.6. The van der Waals surface area contributed by atoms with Crippen LogP contribution < -0.4 is 31.3 Å². The number of ether oxygens (including phenoxy) is 1. The molecule has 0 fully saturated rings. The number of amides is 5. The quantitative estimate of drug-likeness (QED) is 0.103. The van der Waals surface area contributed by atoms with Crippen LogP contribution in [-0.4, -0.2) is 71.1 Å². The van der Waals surface area contributed by atoms with Crippen molar-refractivity contribution >= 4 is 47.1 Å². The third kappa shape index (κ3) is 15.8. The first-order valence-electron chi connectivity index (χ1n) is 16.6. The number of hydrogen-bond donors (Lipinski definition) is 7. The van der Waals surface area contributed by atoms with E-state index in [1.54, 1.807) is 55.6 Å². The van der Waals surface area contributed by atoms with Gasteiger partial charge in [0.15, 0.2) is 0 Å². The minimum atomic E-state index is -1.26. The van der Waals surface area contributed by atoms with Crippen LogP contribution in [0, 0.1) is 11.3 Å². The first-order chi connectivity index (χ1) is 23.4. The predicted molar refractivity (Wildman–Crippen MR) is 189 cm³/mol. The van der Waals surface area contributed by atoms with Crippen molar-refractivity contribution in [1.29, 1.82) is 0 Å². The second-order valence-electron chi connectivity index (χ2n) is 13.8. The summed E-state index contributed by atoms with van der Waals surface area (Å²) in [5, 5.41) is 32.5. The second-order valence-corrected chi connectivity index (χ2v) is 13.8. The zero-order valence-electron chi connectivity index (χ0n) is 29.6. The number of carboxylic acid groups (broad SMARTS) is 2. The number of hydrogen-bond acceptors (Lipinski definition) is 7. The van der Waals surface area contributed by atoms with Crippen LogP contribution in [-0.2, 0) is 30.4 Å². The summed E-state index contributed by atoms with van der Waals surface area (Å²) in [6.45, 7) is 9.35. The van der Waals surface area contributed by atoms with Crippen LogP contribution in [0.25, 0.3) is 0 Å². The zero-order chi connectivity index (χ0) is 37.4. The van der Waals surface area contributed by atoms with E-state index in [1.165, 1.54) is 0 Å². The molecule has 0 radical (unpaired) electrons. The standard InChI is InChI=1S/C36H51N5O9/c1-22(2)19-29(32(44)41-28(34(47)48)10-8-7-9-27(33(45)46)39-31(43)21-36(3,4)5)40-30(42)20-23-11-13-24(14-12-23)37-35(49)38-25-15-17-26(50-6)18-16-25/h11-18,22,27-29H,7-10,19-21H2,1-6H3,(H,39,43)(H,40,42)(H,41,44)(H,45,46)(H,47,48)(H2,37,38,49). The van der Waals surface area contributed by atoms with Crippen molar-refractivity contribution in [2.75, 3.05) is 17.7 Å². The molecule has 0 bridgehead atoms. The average Bonchev–Trinajstić information content (AvgIpc) is 3.01. The molecule has 0 saturated carbocycles. The second kappa shape index (κ2) is 19.8. The first-order valence-corrected chi connectivity index (χ1v) is 16.6. The number of nitrogens with one attached hydrogen (secondary N) is 5. The smallest absolute Gasteiger partial charge is 0.326 e. The highest BCUT2D eigenvalue weighted by atomic mass is 16.5. The Bertz CT molecular complexity index is 1450. The molecule has 0 heterocycles. The average molecular weight is 698 g/mol. The van der Waals surface area contributed by atoms with E-state index < -0.39 is 47.9 Å². The first kappa shape index (κ1) is 41.0. The van der Waals surface area contributed by atoms with Gasteiger partial charge >= 0.3 is 18.0 Å². The number of rotatable bonds is 19. The molecule has 14 nitrogen and oxygen atoms in total. The molecule has 0 aliphatic heterocycles. The van der Waals surface area contributed by atoms with Gasteiger partial charge in [-0.25, -0.2) is 14.4 Å². The number of anilines is 2. The van der Waals surface area contributed by atoms with Crippen LogP contribution in [0.1, 0.15) is 78.7 Å². The molecule has 274 valence electrons. The Hall–Kier alpha value is -5.14. The van der Waals surface area contributed by atoms with Crippen LogP contribution in [0.4, 0.5) is 16.2 Å². The highest BCUT2D eigenvalue weighted by Crippen LogP contribution is 2.19. The summed E-state index contributed by atoms with van der Waals surface area (Å²) < 4.78 is 5.11. The highest BCUT2D eigenvalue weighted by Gasteiger charge is 2.28. The fraction of sp³-hybridized carbons (Fsp3) is 0.500. The van der Waals surface area contributed by atoms with Gasteiger partial charge in [-0.1, -0.05) is 59.6 Å². The molecule has 0 saturated heterocycles. The lowest BCUT2D eigenvalue weighted by atomic mass is 9.91. The number of benzene rings is 2. The molecule has 3 unspecified atom stereocenters. The fourth-order valence-electron chi connectivity index (χ4n) is 5.02. The molecule has 14 heteroatoms. The monoisotopic (exact) mass is 697 g/mol. The minimum Gasteiger partial charge on any atom is -0.497 e. The Labute approximate surface area is 293 Å². The van der Waals surface area contributed by atoms with Gasteiger partial charge in [0.2, 0.25) is 17.7 Å². The van der Waals surface area contributed by atoms with Gasteiger partial charge < -0.3 is 41.5 Å². The molecule has 0 aliphatic carbocycles. The summed E-state index contributed by atoms with van der Waals surface area (Å²) in [7, 11) is 1.55. The van der Waals surface area contributed by atoms with Gasteiger partial charge in [0.25, 0.3) is 0 Å². The van der Waals surface area contributed by atoms with Crippen molar-refractivity contribution < 1.29 is 43.7 Å². The minimum absolute atomic E-state index is 0.00481. The molecule has 0 aromatic heterocycles. The van der Waals surface area contributed by atoms with Crippen molar-refractivity contribution in [3.05, 3.63) is 54.1 Å². The molecule has 0 spiro atoms. The summed E-state index contributed by atoms with van der Waals surface area (Å²) in [4.78, 5) is 74.3. The van der Waals surface area contributed by atoms with Gasteiger partial charge in [-0.2, -0.15) is 0 Å². The van der Waals surface area contributed by atoms with Crippen molar-refractivity contribution in [3.8, 4) is 5.75 Å². The number of methoxy groups -OCH3 is 1. The molecule has 2 aromatic carbocycles. The van der Waals surface area contributed by atoms with Crippen LogP contribution in [0.2, 0.25) is 0 Å². The third-order valence-corrected chi connectivity index (χ3v) is 7.46. The molecular weight excluding hydrogens is 646 g/mol. The Balaban J connectivity index is 1.90. The van der Waals surface area contributed by atoms with E-state index in [2.05, 4.69) is 26.6 Å². The van der Waals surface area contributed by atoms with E-state index in [9.17, 15) is 39.0 Å². The number of urea groups is 1. The van der Waals surface area contributed by atoms with Crippen LogP contribution in [0.15, 0.2) is 48.5 Å². The third-order valence-electron chi connectivity index (χ3n) is 7.46. The Morgan fingerprint density at radius 3 is 1.64 bits per heavy atom. The van der Waals surface area contributed by atoms with E-state index in [1.807, 2.05) is 34.6 Å². The van der Waals surface area contributed by atoms with Crippen molar-refractivity contribution in [1.82, 2.24) is 16.0 Å². The van der Waals surface area contributed by atoms with Crippen LogP contribution in [0.5, 0.6) is 5.75 Å². The normalized spacial score (nSPS) is 12.9. The summed E-state index contributed by atoms with van der Waals surface area (Å²) in [6.07, 6.45) is 1.10. The molecule has 50 heavy (non-hydrogen) atoms. The van der Waals surface area contributed by atoms with Gasteiger partial charge in [-0.05, 0) is 72.6 Å². The molecule has 2 aromatic rings. The number of carboxylic acids is 2. The highest BCUT2D eigenvalue weighted by molar-refractivity contribution is 5.99. The van der Waals surface area contributed by atoms with E-state index in [4.69, 9.17) is 4.74 Å². The van der Waals surface area contributed by atoms with Crippen molar-refractivity contribution in [2.24, 2.45) is 11.3 Å². The molecule has 7 N–H and O–H groups in total. The Morgan fingerprint density at radius 2 is 1.18 bits per heavy atom. The van der Waals surface area contributed by atoms with Gasteiger partial charge in [0.1, 0.15) is 23.9 Å². The predicted octanol–water partition coefficient (Wildman–Crippen LogP) is 4.55. The van der Waals surface area contributed by atoms with Gasteiger partial charge in [0, 0.05) is 17.8 Å². The number of carbonyl (C=O) groups is 6. The summed E-state index contributed by atoms with van der Waals surface area (Å²) in [6, 6.07) is 9.67. The summed E-state index contributed by atoms with van der Waals surface area (Å²) in [5.74, 6) is -3.23. The lowest BCUT2D eigenvalue weighted by Crippen LogP contribution is -2.52. The molecule has 5 amide bonds. The lowest BCUT2D eigenvalue weighted by Gasteiger charge is -2.23. The maximum absolute atomic E-state index is 13.2. The molecule has 3 atom stereocenters. The summed E-state index contributed by atoms with van der Waals surface area (Å²) >= 11 is 0. The van der Waals surface area contributed by atoms with Crippen molar-refractivity contribution in [3.63, 3.8) is 0 Å². The SMILES string of the molecule is COc1ccc(NC(=O)Nc2ccc(CC(=O)NC(CC(C)C)C(=O)NC(CCCCC(NC(=O)CC(C)(C)C)C(=O)O)C(=O)O)cc2)cc1. The van der Waals surface area contributed by atoms with Gasteiger partial charge in [-0.3, -0.25) is 14.4 Å². The van der Waals surface area contributed by atoms with E-state index in [0.29, 0.717) is 29.1 Å². The molecule has 2 rings (SSSR count). The molecule has 0 aliphatic rings. The number of unbranched alkanes of at least 4 members (excludes halogenated alkanes) is 1. The van der Waals surface area contributed by atoms with E-state index in [-0.39, 0.29) is 55.8 Å². The maximum atomic E-state index is 13.2. The van der Waals surface area contributed by atoms with Gasteiger partial charge in [0.05, 0.1) is 13.5 Å². The maximum Gasteiger partial charge on any atom is 0.326 e. The summed E-state index contributed by atoms with van der Waals surface area (Å²) in [5.41, 5.74) is 1.40. The fourth-order valence-corrected chi connectivity index (χ4v) is 5.02. The number of aliphatic carboxylic acids is 2. The van der Waals surface area contributed by atoms with E-state index in [0.717, 1.165) is 0 Å². The Kier molecular flexibility index (Phi) is 16.2.